The van der Waals surface area contributed by atoms with Crippen LogP contribution in [0.4, 0.5) is 0 Å². The molecule has 0 saturated heterocycles. The molecule has 0 aromatic heterocycles. The first-order valence-corrected chi connectivity index (χ1v) is 7.73. The highest BCUT2D eigenvalue weighted by Gasteiger charge is 1.99. The van der Waals surface area contributed by atoms with Gasteiger partial charge in [-0.1, -0.05) is 42.8 Å². The van der Waals surface area contributed by atoms with Crippen LogP contribution in [0.3, 0.4) is 0 Å². The first-order chi connectivity index (χ1) is 10.8. The van der Waals surface area contributed by atoms with Crippen molar-refractivity contribution in [1.82, 2.24) is 0 Å². The second-order valence-electron chi connectivity index (χ2n) is 5.25. The van der Waals surface area contributed by atoms with E-state index in [1.54, 1.807) is 0 Å². The Kier molecular flexibility index (Phi) is 6.65. The third-order valence-electron chi connectivity index (χ3n) is 3.56. The fourth-order valence-electron chi connectivity index (χ4n) is 2.26. The summed E-state index contributed by atoms with van der Waals surface area (Å²) in [6.45, 7) is 0.981. The summed E-state index contributed by atoms with van der Waals surface area (Å²) in [7, 11) is 0. The number of benzene rings is 2. The fourth-order valence-corrected chi connectivity index (χ4v) is 2.26. The normalized spacial score (nSPS) is 10.4. The van der Waals surface area contributed by atoms with Gasteiger partial charge in [0.15, 0.2) is 0 Å². The maximum atomic E-state index is 10.7. The van der Waals surface area contributed by atoms with E-state index >= 15 is 0 Å². The van der Waals surface area contributed by atoms with Gasteiger partial charge in [-0.05, 0) is 42.5 Å². The zero-order chi connectivity index (χ0) is 15.6. The van der Waals surface area contributed by atoms with E-state index in [0.717, 1.165) is 48.8 Å². The molecule has 2 aromatic carbocycles. The Labute approximate surface area is 131 Å². The zero-order valence-electron chi connectivity index (χ0n) is 12.7. The average molecular weight is 298 g/mol. The van der Waals surface area contributed by atoms with Gasteiger partial charge in [0.05, 0.1) is 6.61 Å². The van der Waals surface area contributed by atoms with E-state index in [2.05, 4.69) is 0 Å². The number of rotatable bonds is 9. The Morgan fingerprint density at radius 3 is 2.00 bits per heavy atom. The molecule has 0 amide bonds. The fraction of sp³-hybridized carbons (Fsp3) is 0.316. The molecular formula is C19H22O3. The van der Waals surface area contributed by atoms with Crippen molar-refractivity contribution in [1.29, 1.82) is 0 Å². The van der Waals surface area contributed by atoms with Crippen molar-refractivity contribution in [3.05, 3.63) is 54.1 Å². The van der Waals surface area contributed by atoms with E-state index in [1.807, 2.05) is 48.5 Å². The van der Waals surface area contributed by atoms with E-state index in [4.69, 9.17) is 9.84 Å². The first kappa shape index (κ1) is 16.2. The minimum Gasteiger partial charge on any atom is -0.494 e. The third kappa shape index (κ3) is 5.01. The molecule has 1 N–H and O–H groups in total. The molecule has 3 heteroatoms. The van der Waals surface area contributed by atoms with E-state index in [9.17, 15) is 4.79 Å². The summed E-state index contributed by atoms with van der Waals surface area (Å²) in [4.78, 5) is 10.7. The van der Waals surface area contributed by atoms with Crippen LogP contribution >= 0.6 is 0 Å². The lowest BCUT2D eigenvalue weighted by atomic mass is 10.0. The lowest BCUT2D eigenvalue weighted by Crippen LogP contribution is -1.97. The maximum Gasteiger partial charge on any atom is 0.150 e. The zero-order valence-corrected chi connectivity index (χ0v) is 12.7. The number of hydrogen-bond donors (Lipinski definition) is 1. The van der Waals surface area contributed by atoms with Gasteiger partial charge in [0, 0.05) is 12.2 Å². The summed E-state index contributed by atoms with van der Waals surface area (Å²) in [5.74, 6) is 0.871. The molecule has 0 unspecified atom stereocenters. The van der Waals surface area contributed by atoms with Crippen molar-refractivity contribution in [3.63, 3.8) is 0 Å². The van der Waals surface area contributed by atoms with Crippen LogP contribution in [0, 0.1) is 0 Å². The molecule has 116 valence electrons. The van der Waals surface area contributed by atoms with Crippen LogP contribution in [0.2, 0.25) is 0 Å². The smallest absolute Gasteiger partial charge is 0.150 e. The Morgan fingerprint density at radius 2 is 1.41 bits per heavy atom. The highest BCUT2D eigenvalue weighted by Crippen LogP contribution is 2.22. The summed E-state index contributed by atoms with van der Waals surface area (Å²) in [6.07, 6.45) is 4.87. The molecule has 0 bridgehead atoms. The van der Waals surface area contributed by atoms with Gasteiger partial charge in [-0.2, -0.15) is 0 Å². The van der Waals surface area contributed by atoms with Crippen LogP contribution in [0.5, 0.6) is 5.75 Å². The number of hydrogen-bond acceptors (Lipinski definition) is 3. The molecule has 0 radical (unpaired) electrons. The number of aliphatic hydroxyl groups is 1. The molecule has 0 saturated carbocycles. The predicted molar refractivity (Wildman–Crippen MR) is 88.3 cm³/mol. The standard InChI is InChI=1S/C19H22O3/c20-13-3-1-2-4-14-22-19-11-9-18(10-12-19)17-7-5-16(15-21)6-8-17/h5-12,15,20H,1-4,13-14H2. The average Bonchev–Trinajstić information content (AvgIpc) is 2.59. The second kappa shape index (κ2) is 9.00. The molecule has 0 aliphatic rings. The van der Waals surface area contributed by atoms with Gasteiger partial charge in [-0.25, -0.2) is 0 Å². The summed E-state index contributed by atoms with van der Waals surface area (Å²) < 4.78 is 5.70. The summed E-state index contributed by atoms with van der Waals surface area (Å²) in [5.41, 5.74) is 2.87. The number of unbranched alkanes of at least 4 members (excludes halogenated alkanes) is 3. The first-order valence-electron chi connectivity index (χ1n) is 7.73. The SMILES string of the molecule is O=Cc1ccc(-c2ccc(OCCCCCCO)cc2)cc1. The van der Waals surface area contributed by atoms with Crippen molar-refractivity contribution in [2.24, 2.45) is 0 Å². The van der Waals surface area contributed by atoms with E-state index < -0.39 is 0 Å². The molecule has 2 aromatic rings. The summed E-state index contributed by atoms with van der Waals surface area (Å²) >= 11 is 0. The van der Waals surface area contributed by atoms with Crippen molar-refractivity contribution < 1.29 is 14.6 Å². The van der Waals surface area contributed by atoms with Crippen LogP contribution in [0.25, 0.3) is 11.1 Å². The Morgan fingerprint density at radius 1 is 0.818 bits per heavy atom. The number of ether oxygens (including phenoxy) is 1. The molecule has 0 aliphatic carbocycles. The molecular weight excluding hydrogens is 276 g/mol. The highest BCUT2D eigenvalue weighted by atomic mass is 16.5. The van der Waals surface area contributed by atoms with Gasteiger partial charge in [0.1, 0.15) is 12.0 Å². The minimum absolute atomic E-state index is 0.274. The molecule has 0 aliphatic heterocycles. The van der Waals surface area contributed by atoms with Crippen molar-refractivity contribution in [2.45, 2.75) is 25.7 Å². The van der Waals surface area contributed by atoms with Gasteiger partial charge in [0.25, 0.3) is 0 Å². The topological polar surface area (TPSA) is 46.5 Å². The van der Waals surface area contributed by atoms with Crippen LogP contribution in [-0.4, -0.2) is 24.6 Å². The third-order valence-corrected chi connectivity index (χ3v) is 3.56. The molecule has 0 atom stereocenters. The predicted octanol–water partition coefficient (Wildman–Crippen LogP) is 4.10. The van der Waals surface area contributed by atoms with Gasteiger partial charge < -0.3 is 9.84 Å². The van der Waals surface area contributed by atoms with Gasteiger partial charge in [0.2, 0.25) is 0 Å². The highest BCUT2D eigenvalue weighted by molar-refractivity contribution is 5.76. The summed E-state index contributed by atoms with van der Waals surface area (Å²) in [5, 5.41) is 8.70. The van der Waals surface area contributed by atoms with Crippen LogP contribution < -0.4 is 4.74 Å². The lowest BCUT2D eigenvalue weighted by molar-refractivity contribution is 0.112. The number of carbonyl (C=O) groups is 1. The summed E-state index contributed by atoms with van der Waals surface area (Å²) in [6, 6.07) is 15.5. The van der Waals surface area contributed by atoms with Crippen molar-refractivity contribution >= 4 is 6.29 Å². The number of aliphatic hydroxyl groups excluding tert-OH is 1. The quantitative estimate of drug-likeness (QED) is 0.560. The van der Waals surface area contributed by atoms with Crippen LogP contribution in [0.1, 0.15) is 36.0 Å². The van der Waals surface area contributed by atoms with Gasteiger partial charge in [-0.15, -0.1) is 0 Å². The van der Waals surface area contributed by atoms with E-state index in [1.165, 1.54) is 0 Å². The van der Waals surface area contributed by atoms with Gasteiger partial charge in [-0.3, -0.25) is 4.79 Å². The molecule has 0 spiro atoms. The van der Waals surface area contributed by atoms with Crippen LogP contribution in [0.15, 0.2) is 48.5 Å². The molecule has 0 heterocycles. The lowest BCUT2D eigenvalue weighted by Gasteiger charge is -2.07. The molecule has 0 fully saturated rings. The minimum atomic E-state index is 0.274. The monoisotopic (exact) mass is 298 g/mol. The maximum absolute atomic E-state index is 10.7. The van der Waals surface area contributed by atoms with Gasteiger partial charge >= 0.3 is 0 Å². The number of carbonyl (C=O) groups excluding carboxylic acids is 1. The Bertz CT molecular complexity index is 558. The van der Waals surface area contributed by atoms with E-state index in [0.29, 0.717) is 12.2 Å². The van der Waals surface area contributed by atoms with Crippen LogP contribution in [-0.2, 0) is 0 Å². The number of aldehydes is 1. The Hall–Kier alpha value is -2.13. The molecule has 3 nitrogen and oxygen atoms in total. The van der Waals surface area contributed by atoms with Crippen molar-refractivity contribution in [3.8, 4) is 16.9 Å². The second-order valence-corrected chi connectivity index (χ2v) is 5.25. The largest absolute Gasteiger partial charge is 0.494 e. The Balaban J connectivity index is 1.83. The van der Waals surface area contributed by atoms with Crippen molar-refractivity contribution in [2.75, 3.05) is 13.2 Å². The molecule has 2 rings (SSSR count). The van der Waals surface area contributed by atoms with E-state index in [-0.39, 0.29) is 6.61 Å². The molecule has 22 heavy (non-hydrogen) atoms.